The minimum absolute atomic E-state index is 0.0229. The Morgan fingerprint density at radius 3 is 2.67 bits per heavy atom. The highest BCUT2D eigenvalue weighted by molar-refractivity contribution is 5.95. The van der Waals surface area contributed by atoms with Gasteiger partial charge in [0.2, 0.25) is 0 Å². The first kappa shape index (κ1) is 13.1. The number of ether oxygens (including phenoxy) is 1. The third-order valence-electron chi connectivity index (χ3n) is 3.24. The monoisotopic (exact) mass is 280 g/mol. The summed E-state index contributed by atoms with van der Waals surface area (Å²) in [5, 5.41) is 9.83. The zero-order valence-electron chi connectivity index (χ0n) is 11.3. The molecule has 0 spiro atoms. The summed E-state index contributed by atoms with van der Waals surface area (Å²) in [6.45, 7) is 0. The van der Waals surface area contributed by atoms with Gasteiger partial charge in [0.15, 0.2) is 0 Å². The summed E-state index contributed by atoms with van der Waals surface area (Å²) in [6, 6.07) is 10.7. The molecule has 0 bridgehead atoms. The first-order chi connectivity index (χ1) is 10.2. The van der Waals surface area contributed by atoms with Gasteiger partial charge < -0.3 is 9.84 Å². The van der Waals surface area contributed by atoms with E-state index in [1.54, 1.807) is 25.6 Å². The fourth-order valence-corrected chi connectivity index (χ4v) is 2.18. The molecule has 0 unspecified atom stereocenters. The van der Waals surface area contributed by atoms with Crippen molar-refractivity contribution in [3.63, 3.8) is 0 Å². The van der Waals surface area contributed by atoms with Gasteiger partial charge in [0.05, 0.1) is 12.6 Å². The lowest BCUT2D eigenvalue weighted by Crippen LogP contribution is -1.99. The standard InChI is InChI=1S/C16H12N2O3/c1-21-11-3-5-14-13(8-11)12(6-7-17-14)10-2-4-15(16(19)20)18-9-10/h2-9H,1H3,(H,19,20). The molecule has 0 saturated carbocycles. The predicted molar refractivity (Wildman–Crippen MR) is 78.5 cm³/mol. The molecule has 2 heterocycles. The third-order valence-corrected chi connectivity index (χ3v) is 3.24. The number of aromatic nitrogens is 2. The van der Waals surface area contributed by atoms with Crippen LogP contribution >= 0.6 is 0 Å². The number of aromatic carboxylic acids is 1. The van der Waals surface area contributed by atoms with Gasteiger partial charge in [-0.1, -0.05) is 6.07 Å². The number of fused-ring (bicyclic) bond motifs is 1. The molecular weight excluding hydrogens is 268 g/mol. The minimum atomic E-state index is -1.04. The third kappa shape index (κ3) is 2.41. The average molecular weight is 280 g/mol. The Kier molecular flexibility index (Phi) is 3.23. The molecule has 21 heavy (non-hydrogen) atoms. The highest BCUT2D eigenvalue weighted by Gasteiger charge is 2.08. The summed E-state index contributed by atoms with van der Waals surface area (Å²) in [7, 11) is 1.61. The van der Waals surface area contributed by atoms with Crippen molar-refractivity contribution >= 4 is 16.9 Å². The van der Waals surface area contributed by atoms with E-state index in [1.165, 1.54) is 6.07 Å². The number of hydrogen-bond acceptors (Lipinski definition) is 4. The van der Waals surface area contributed by atoms with E-state index in [-0.39, 0.29) is 5.69 Å². The van der Waals surface area contributed by atoms with Crippen LogP contribution in [0.25, 0.3) is 22.0 Å². The summed E-state index contributed by atoms with van der Waals surface area (Å²) in [5.74, 6) is -0.297. The van der Waals surface area contributed by atoms with Crippen LogP contribution in [0.4, 0.5) is 0 Å². The fraction of sp³-hybridized carbons (Fsp3) is 0.0625. The summed E-state index contributed by atoms with van der Waals surface area (Å²) >= 11 is 0. The number of carbonyl (C=O) groups is 1. The van der Waals surface area contributed by atoms with Crippen LogP contribution in [-0.2, 0) is 0 Å². The summed E-state index contributed by atoms with van der Waals surface area (Å²) in [6.07, 6.45) is 3.27. The van der Waals surface area contributed by atoms with Gasteiger partial charge in [-0.25, -0.2) is 9.78 Å². The molecule has 1 aromatic carbocycles. The van der Waals surface area contributed by atoms with E-state index in [0.717, 1.165) is 27.8 Å². The van der Waals surface area contributed by atoms with Gasteiger partial charge >= 0.3 is 5.97 Å². The molecule has 1 N–H and O–H groups in total. The molecule has 5 nitrogen and oxygen atoms in total. The van der Waals surface area contributed by atoms with E-state index in [1.807, 2.05) is 24.3 Å². The molecule has 104 valence electrons. The highest BCUT2D eigenvalue weighted by atomic mass is 16.5. The maximum Gasteiger partial charge on any atom is 0.354 e. The predicted octanol–water partition coefficient (Wildman–Crippen LogP) is 3.00. The number of rotatable bonds is 3. The van der Waals surface area contributed by atoms with Crippen LogP contribution in [0.5, 0.6) is 5.75 Å². The molecule has 0 radical (unpaired) electrons. The normalized spacial score (nSPS) is 10.5. The van der Waals surface area contributed by atoms with Crippen LogP contribution in [0.2, 0.25) is 0 Å². The Morgan fingerprint density at radius 1 is 1.14 bits per heavy atom. The van der Waals surface area contributed by atoms with Crippen molar-refractivity contribution in [2.75, 3.05) is 7.11 Å². The topological polar surface area (TPSA) is 72.3 Å². The van der Waals surface area contributed by atoms with Crippen molar-refractivity contribution < 1.29 is 14.6 Å². The molecule has 0 aliphatic heterocycles. The first-order valence-corrected chi connectivity index (χ1v) is 6.31. The number of carboxylic acids is 1. The lowest BCUT2D eigenvalue weighted by molar-refractivity contribution is 0.0690. The fourth-order valence-electron chi connectivity index (χ4n) is 2.18. The van der Waals surface area contributed by atoms with E-state index < -0.39 is 5.97 Å². The number of benzene rings is 1. The van der Waals surface area contributed by atoms with Crippen LogP contribution in [0.15, 0.2) is 48.8 Å². The van der Waals surface area contributed by atoms with Crippen LogP contribution < -0.4 is 4.74 Å². The smallest absolute Gasteiger partial charge is 0.354 e. The van der Waals surface area contributed by atoms with Gasteiger partial charge in [0.1, 0.15) is 11.4 Å². The van der Waals surface area contributed by atoms with Crippen LogP contribution in [0.3, 0.4) is 0 Å². The number of carboxylic acid groups (broad SMARTS) is 1. The van der Waals surface area contributed by atoms with Crippen molar-refractivity contribution in [2.45, 2.75) is 0 Å². The molecule has 0 atom stereocenters. The number of methoxy groups -OCH3 is 1. The Hall–Kier alpha value is -2.95. The second-order valence-corrected chi connectivity index (χ2v) is 4.48. The van der Waals surface area contributed by atoms with Crippen molar-refractivity contribution in [2.24, 2.45) is 0 Å². The van der Waals surface area contributed by atoms with E-state index >= 15 is 0 Å². The summed E-state index contributed by atoms with van der Waals surface area (Å²) in [4.78, 5) is 19.1. The molecule has 3 rings (SSSR count). The van der Waals surface area contributed by atoms with Crippen LogP contribution in [-0.4, -0.2) is 28.2 Å². The quantitative estimate of drug-likeness (QED) is 0.798. The Labute approximate surface area is 120 Å². The van der Waals surface area contributed by atoms with Crippen molar-refractivity contribution in [1.29, 1.82) is 0 Å². The van der Waals surface area contributed by atoms with Gasteiger partial charge in [-0.3, -0.25) is 4.98 Å². The molecule has 2 aromatic heterocycles. The minimum Gasteiger partial charge on any atom is -0.497 e. The maximum atomic E-state index is 10.9. The number of nitrogens with zero attached hydrogens (tertiary/aromatic N) is 2. The molecule has 0 aliphatic rings. The Bertz CT molecular complexity index is 813. The van der Waals surface area contributed by atoms with E-state index in [4.69, 9.17) is 9.84 Å². The Morgan fingerprint density at radius 2 is 2.00 bits per heavy atom. The largest absolute Gasteiger partial charge is 0.497 e. The molecule has 0 aliphatic carbocycles. The molecule has 0 fully saturated rings. The van der Waals surface area contributed by atoms with Crippen molar-refractivity contribution in [3.05, 3.63) is 54.5 Å². The lowest BCUT2D eigenvalue weighted by Gasteiger charge is -2.08. The summed E-state index contributed by atoms with van der Waals surface area (Å²) < 4.78 is 5.24. The lowest BCUT2D eigenvalue weighted by atomic mass is 10.0. The van der Waals surface area contributed by atoms with Gasteiger partial charge in [-0.05, 0) is 35.9 Å². The maximum absolute atomic E-state index is 10.9. The molecule has 0 saturated heterocycles. The molecular formula is C16H12N2O3. The van der Waals surface area contributed by atoms with Gasteiger partial charge in [-0.15, -0.1) is 0 Å². The molecule has 5 heteroatoms. The van der Waals surface area contributed by atoms with E-state index in [9.17, 15) is 4.79 Å². The zero-order valence-corrected chi connectivity index (χ0v) is 11.3. The van der Waals surface area contributed by atoms with Crippen molar-refractivity contribution in [1.82, 2.24) is 9.97 Å². The Balaban J connectivity index is 2.17. The van der Waals surface area contributed by atoms with Gasteiger partial charge in [0.25, 0.3) is 0 Å². The number of pyridine rings is 2. The molecule has 0 amide bonds. The van der Waals surface area contributed by atoms with E-state index in [0.29, 0.717) is 0 Å². The second kappa shape index (κ2) is 5.20. The first-order valence-electron chi connectivity index (χ1n) is 6.31. The average Bonchev–Trinajstić information content (AvgIpc) is 2.54. The SMILES string of the molecule is COc1ccc2nccc(-c3ccc(C(=O)O)nc3)c2c1. The van der Waals surface area contributed by atoms with Gasteiger partial charge in [0, 0.05) is 23.3 Å². The summed E-state index contributed by atoms with van der Waals surface area (Å²) in [5.41, 5.74) is 2.63. The molecule has 3 aromatic rings. The second-order valence-electron chi connectivity index (χ2n) is 4.48. The van der Waals surface area contributed by atoms with Crippen LogP contribution in [0.1, 0.15) is 10.5 Å². The van der Waals surface area contributed by atoms with Gasteiger partial charge in [-0.2, -0.15) is 0 Å². The number of hydrogen-bond donors (Lipinski definition) is 1. The van der Waals surface area contributed by atoms with Crippen molar-refractivity contribution in [3.8, 4) is 16.9 Å². The van der Waals surface area contributed by atoms with Crippen LogP contribution in [0, 0.1) is 0 Å². The highest BCUT2D eigenvalue weighted by Crippen LogP contribution is 2.29. The zero-order chi connectivity index (χ0) is 14.8. The van der Waals surface area contributed by atoms with E-state index in [2.05, 4.69) is 9.97 Å².